The van der Waals surface area contributed by atoms with Crippen molar-refractivity contribution in [1.82, 2.24) is 4.98 Å². The van der Waals surface area contributed by atoms with Crippen LogP contribution in [0, 0.1) is 5.95 Å². The zero-order chi connectivity index (χ0) is 11.3. The smallest absolute Gasteiger partial charge is 0.330 e. The number of rotatable bonds is 3. The third-order valence-corrected chi connectivity index (χ3v) is 1.59. The zero-order valence-electron chi connectivity index (χ0n) is 8.24. The lowest BCUT2D eigenvalue weighted by Gasteiger charge is -1.98. The normalized spacial score (nSPS) is 10.5. The number of nitrogens with zero attached hydrogens (tertiary/aromatic N) is 1. The van der Waals surface area contributed by atoms with Gasteiger partial charge in [0.2, 0.25) is 5.95 Å². The number of nitrogen functional groups attached to an aromatic ring is 1. The Morgan fingerprint density at radius 2 is 2.40 bits per heavy atom. The molecular weight excluding hydrogens is 199 g/mol. The van der Waals surface area contributed by atoms with E-state index < -0.39 is 11.9 Å². The van der Waals surface area contributed by atoms with Crippen LogP contribution in [0.2, 0.25) is 0 Å². The molecule has 1 aromatic rings. The van der Waals surface area contributed by atoms with Crippen LogP contribution in [0.1, 0.15) is 12.6 Å². The van der Waals surface area contributed by atoms with Gasteiger partial charge in [0.05, 0.1) is 18.0 Å². The number of hydrogen-bond acceptors (Lipinski definition) is 4. The lowest BCUT2D eigenvalue weighted by atomic mass is 10.3. The number of halogens is 1. The largest absolute Gasteiger partial charge is 0.463 e. The van der Waals surface area contributed by atoms with E-state index in [0.717, 1.165) is 12.1 Å². The number of hydrogen-bond donors (Lipinski definition) is 1. The lowest BCUT2D eigenvalue weighted by Crippen LogP contribution is -2.00. The second kappa shape index (κ2) is 5.09. The van der Waals surface area contributed by atoms with Crippen LogP contribution in [0.4, 0.5) is 10.1 Å². The summed E-state index contributed by atoms with van der Waals surface area (Å²) in [6.45, 7) is 1.98. The van der Waals surface area contributed by atoms with Gasteiger partial charge in [-0.3, -0.25) is 0 Å². The molecule has 0 aliphatic carbocycles. The summed E-state index contributed by atoms with van der Waals surface area (Å²) in [6, 6.07) is 2.53. The minimum atomic E-state index is -0.646. The van der Waals surface area contributed by atoms with Gasteiger partial charge in [-0.05, 0) is 25.1 Å². The van der Waals surface area contributed by atoms with E-state index in [4.69, 9.17) is 5.73 Å². The van der Waals surface area contributed by atoms with Gasteiger partial charge >= 0.3 is 5.97 Å². The third kappa shape index (κ3) is 3.38. The molecular formula is C10H11FN2O2. The number of pyridine rings is 1. The Morgan fingerprint density at radius 3 is 3.07 bits per heavy atom. The Hall–Kier alpha value is -1.91. The molecule has 1 aromatic heterocycles. The Kier molecular flexibility index (Phi) is 3.79. The summed E-state index contributed by atoms with van der Waals surface area (Å²) in [5.74, 6) is -1.16. The first-order valence-corrected chi connectivity index (χ1v) is 4.40. The fourth-order valence-corrected chi connectivity index (χ4v) is 0.932. The van der Waals surface area contributed by atoms with Gasteiger partial charge in [0.25, 0.3) is 0 Å². The van der Waals surface area contributed by atoms with Crippen LogP contribution < -0.4 is 5.73 Å². The Morgan fingerprint density at radius 1 is 1.67 bits per heavy atom. The molecule has 5 heteroatoms. The van der Waals surface area contributed by atoms with Crippen LogP contribution in [0.25, 0.3) is 6.08 Å². The molecule has 0 aromatic carbocycles. The van der Waals surface area contributed by atoms with Gasteiger partial charge in [0.15, 0.2) is 0 Å². The van der Waals surface area contributed by atoms with Crippen molar-refractivity contribution >= 4 is 17.7 Å². The van der Waals surface area contributed by atoms with Crippen molar-refractivity contribution in [3.05, 3.63) is 29.9 Å². The van der Waals surface area contributed by atoms with E-state index in [2.05, 4.69) is 9.72 Å². The van der Waals surface area contributed by atoms with Crippen molar-refractivity contribution in [2.75, 3.05) is 12.3 Å². The molecule has 0 aliphatic rings. The Balaban J connectivity index is 2.79. The summed E-state index contributed by atoms with van der Waals surface area (Å²) in [5, 5.41) is 0. The fourth-order valence-electron chi connectivity index (χ4n) is 0.932. The highest BCUT2D eigenvalue weighted by atomic mass is 19.1. The van der Waals surface area contributed by atoms with Gasteiger partial charge in [0, 0.05) is 6.08 Å². The molecule has 0 spiro atoms. The molecule has 0 saturated carbocycles. The quantitative estimate of drug-likeness (QED) is 0.465. The molecule has 0 aliphatic heterocycles. The number of carbonyl (C=O) groups is 1. The molecule has 0 fully saturated rings. The minimum Gasteiger partial charge on any atom is -0.463 e. The van der Waals surface area contributed by atoms with Crippen molar-refractivity contribution in [2.45, 2.75) is 6.92 Å². The summed E-state index contributed by atoms with van der Waals surface area (Å²) in [4.78, 5) is 14.5. The minimum absolute atomic E-state index is 0.211. The van der Waals surface area contributed by atoms with Crippen LogP contribution in [-0.2, 0) is 9.53 Å². The highest BCUT2D eigenvalue weighted by Crippen LogP contribution is 2.10. The number of esters is 1. The van der Waals surface area contributed by atoms with E-state index in [1.54, 1.807) is 6.92 Å². The number of nitrogens with two attached hydrogens (primary N) is 1. The molecule has 80 valence electrons. The molecule has 15 heavy (non-hydrogen) atoms. The van der Waals surface area contributed by atoms with Crippen LogP contribution >= 0.6 is 0 Å². The number of anilines is 1. The van der Waals surface area contributed by atoms with Gasteiger partial charge in [0.1, 0.15) is 0 Å². The molecule has 1 heterocycles. The van der Waals surface area contributed by atoms with E-state index in [9.17, 15) is 9.18 Å². The third-order valence-electron chi connectivity index (χ3n) is 1.59. The van der Waals surface area contributed by atoms with Crippen molar-refractivity contribution in [3.63, 3.8) is 0 Å². The molecule has 1 rings (SSSR count). The van der Waals surface area contributed by atoms with Gasteiger partial charge in [-0.2, -0.15) is 4.39 Å². The summed E-state index contributed by atoms with van der Waals surface area (Å²) < 4.78 is 17.3. The number of carbonyl (C=O) groups excluding carboxylic acids is 1. The lowest BCUT2D eigenvalue weighted by molar-refractivity contribution is -0.137. The highest BCUT2D eigenvalue weighted by Gasteiger charge is 2.00. The first-order valence-electron chi connectivity index (χ1n) is 4.40. The standard InChI is InChI=1S/C10H11FN2O2/c1-2-15-10(14)6-4-8-7(12)3-5-9(11)13-8/h3-6H,2,12H2,1H3. The molecule has 0 atom stereocenters. The van der Waals surface area contributed by atoms with Crippen molar-refractivity contribution in [3.8, 4) is 0 Å². The SMILES string of the molecule is CCOC(=O)C=Cc1nc(F)ccc1N. The fraction of sp³-hybridized carbons (Fsp3) is 0.200. The number of ether oxygens (including phenoxy) is 1. The Bertz CT molecular complexity index is 391. The van der Waals surface area contributed by atoms with Crippen LogP contribution in [0.15, 0.2) is 18.2 Å². The van der Waals surface area contributed by atoms with Gasteiger partial charge < -0.3 is 10.5 Å². The molecule has 0 saturated heterocycles. The molecule has 2 N–H and O–H groups in total. The van der Waals surface area contributed by atoms with Gasteiger partial charge in [-0.15, -0.1) is 0 Å². The second-order valence-corrected chi connectivity index (χ2v) is 2.69. The summed E-state index contributed by atoms with van der Waals surface area (Å²) >= 11 is 0. The molecule has 0 radical (unpaired) electrons. The van der Waals surface area contributed by atoms with Crippen molar-refractivity contribution in [1.29, 1.82) is 0 Å². The predicted molar refractivity (Wildman–Crippen MR) is 54.3 cm³/mol. The molecule has 0 unspecified atom stereocenters. The van der Waals surface area contributed by atoms with E-state index in [1.807, 2.05) is 0 Å². The molecule has 4 nitrogen and oxygen atoms in total. The Labute approximate surface area is 86.6 Å². The monoisotopic (exact) mass is 210 g/mol. The van der Waals surface area contributed by atoms with E-state index in [-0.39, 0.29) is 12.3 Å². The topological polar surface area (TPSA) is 65.2 Å². The highest BCUT2D eigenvalue weighted by molar-refractivity contribution is 5.87. The average Bonchev–Trinajstić information content (AvgIpc) is 2.20. The van der Waals surface area contributed by atoms with Crippen molar-refractivity contribution < 1.29 is 13.9 Å². The summed E-state index contributed by atoms with van der Waals surface area (Å²) in [6.07, 6.45) is 2.47. The first kappa shape index (κ1) is 11.2. The van der Waals surface area contributed by atoms with Gasteiger partial charge in [-0.25, -0.2) is 9.78 Å². The predicted octanol–water partition coefficient (Wildman–Crippen LogP) is 1.38. The van der Waals surface area contributed by atoms with Gasteiger partial charge in [-0.1, -0.05) is 0 Å². The zero-order valence-corrected chi connectivity index (χ0v) is 8.24. The summed E-state index contributed by atoms with van der Waals surface area (Å²) in [7, 11) is 0. The number of aromatic nitrogens is 1. The van der Waals surface area contributed by atoms with Crippen LogP contribution in [-0.4, -0.2) is 17.6 Å². The van der Waals surface area contributed by atoms with Crippen LogP contribution in [0.5, 0.6) is 0 Å². The summed E-state index contributed by atoms with van der Waals surface area (Å²) in [5.41, 5.74) is 6.03. The first-order chi connectivity index (χ1) is 7.13. The maximum atomic E-state index is 12.7. The van der Waals surface area contributed by atoms with Crippen molar-refractivity contribution in [2.24, 2.45) is 0 Å². The van der Waals surface area contributed by atoms with E-state index in [1.165, 1.54) is 12.1 Å². The average molecular weight is 210 g/mol. The molecule has 0 bridgehead atoms. The maximum absolute atomic E-state index is 12.7. The molecule has 0 amide bonds. The van der Waals surface area contributed by atoms with E-state index >= 15 is 0 Å². The maximum Gasteiger partial charge on any atom is 0.330 e. The van der Waals surface area contributed by atoms with E-state index in [0.29, 0.717) is 5.69 Å². The second-order valence-electron chi connectivity index (χ2n) is 2.69. The van der Waals surface area contributed by atoms with Crippen LogP contribution in [0.3, 0.4) is 0 Å².